The summed E-state index contributed by atoms with van der Waals surface area (Å²) in [6.45, 7) is 3.94. The molecule has 0 saturated heterocycles. The van der Waals surface area contributed by atoms with E-state index in [-0.39, 0.29) is 29.9 Å². The topological polar surface area (TPSA) is 0 Å². The van der Waals surface area contributed by atoms with Crippen LogP contribution in [0.15, 0.2) is 0 Å². The van der Waals surface area contributed by atoms with Gasteiger partial charge in [-0.05, 0) is 0 Å². The Kier molecular flexibility index (Phi) is 4.52. The third-order valence-corrected chi connectivity index (χ3v) is 1.47. The minimum atomic E-state index is 0. The van der Waals surface area contributed by atoms with E-state index in [1.807, 2.05) is 0 Å². The first-order valence-electron chi connectivity index (χ1n) is 2.72. The average Bonchev–Trinajstić information content (AvgIpc) is 1.86. The summed E-state index contributed by atoms with van der Waals surface area (Å²) in [6.07, 6.45) is 5.60. The Morgan fingerprint density at radius 2 is 1.57 bits per heavy atom. The predicted molar refractivity (Wildman–Crippen MR) is 27.3 cm³/mol. The Bertz CT molecular complexity index is 37.4. The molecule has 1 fully saturated rings. The summed E-state index contributed by atoms with van der Waals surface area (Å²) in [5, 5.41) is 0. The molecule has 41 valence electrons. The van der Waals surface area contributed by atoms with Gasteiger partial charge < -0.3 is 6.92 Å². The maximum absolute atomic E-state index is 3.94. The molecule has 1 aliphatic carbocycles. The van der Waals surface area contributed by atoms with E-state index >= 15 is 0 Å². The van der Waals surface area contributed by atoms with Crippen molar-refractivity contribution < 1.29 is 29.9 Å². The second-order valence-electron chi connectivity index (χ2n) is 2.15. The fraction of sp³-hybridized carbons (Fsp3) is 0.833. The van der Waals surface area contributed by atoms with E-state index in [4.69, 9.17) is 0 Å². The van der Waals surface area contributed by atoms with Gasteiger partial charge in [0.2, 0.25) is 0 Å². The van der Waals surface area contributed by atoms with E-state index in [0.29, 0.717) is 0 Å². The fourth-order valence-electron chi connectivity index (χ4n) is 1.01. The quantitative estimate of drug-likeness (QED) is 0.599. The molecule has 7 heavy (non-hydrogen) atoms. The van der Waals surface area contributed by atoms with E-state index < -0.39 is 0 Å². The van der Waals surface area contributed by atoms with Crippen LogP contribution in [0, 0.1) is 42.8 Å². The zero-order chi connectivity index (χ0) is 4.41. The normalized spacial score (nSPS) is 21.9. The summed E-state index contributed by atoms with van der Waals surface area (Å²) >= 11 is 0. The summed E-state index contributed by atoms with van der Waals surface area (Å²) in [5.41, 5.74) is 0. The van der Waals surface area contributed by atoms with E-state index in [2.05, 4.69) is 6.92 Å². The van der Waals surface area contributed by atoms with Gasteiger partial charge in [0.1, 0.15) is 0 Å². The Hall–Kier alpha value is 1.01. The largest absolute Gasteiger partial charge is 0.340 e. The minimum absolute atomic E-state index is 0. The zero-order valence-electron chi connectivity index (χ0n) is 4.56. The maximum atomic E-state index is 3.94. The summed E-state index contributed by atoms with van der Waals surface area (Å²) in [7, 11) is 0. The van der Waals surface area contributed by atoms with Crippen LogP contribution in [0.25, 0.3) is 0 Å². The SMILES string of the molecule is [CH2-]C1CCCC1.[Np]. The van der Waals surface area contributed by atoms with Crippen molar-refractivity contribution in [1.82, 2.24) is 0 Å². The second kappa shape index (κ2) is 3.95. The molecule has 1 rings (SSSR count). The molecule has 0 spiro atoms. The standard InChI is InChI=1S/C6H11.Np/c1-6-4-2-3-5-6;/h6H,1-5H2;/q-1;. The minimum Gasteiger partial charge on any atom is -0.340 e. The van der Waals surface area contributed by atoms with Crippen molar-refractivity contribution >= 4 is 0 Å². The van der Waals surface area contributed by atoms with Crippen molar-refractivity contribution in [2.75, 3.05) is 0 Å². The monoisotopic (exact) mass is 319 g/mol. The van der Waals surface area contributed by atoms with Crippen molar-refractivity contribution in [2.24, 2.45) is 5.92 Å². The Labute approximate surface area is 68.3 Å². The van der Waals surface area contributed by atoms with Crippen LogP contribution in [0.5, 0.6) is 0 Å². The van der Waals surface area contributed by atoms with E-state index in [9.17, 15) is 0 Å². The molecule has 0 aromatic carbocycles. The van der Waals surface area contributed by atoms with Crippen LogP contribution >= 0.6 is 0 Å². The Balaban J connectivity index is 0.000000360. The first-order valence-corrected chi connectivity index (χ1v) is 2.72. The molecule has 0 unspecified atom stereocenters. The van der Waals surface area contributed by atoms with Gasteiger partial charge in [0, 0.05) is 29.9 Å². The van der Waals surface area contributed by atoms with Gasteiger partial charge >= 0.3 is 0 Å². The van der Waals surface area contributed by atoms with E-state index in [0.717, 1.165) is 5.92 Å². The molecule has 1 saturated carbocycles. The molecule has 0 amide bonds. The molecule has 0 bridgehead atoms. The van der Waals surface area contributed by atoms with E-state index in [1.165, 1.54) is 25.7 Å². The average molecular weight is 320 g/mol. The molecule has 1 radical (unpaired) electrons. The van der Waals surface area contributed by atoms with Gasteiger partial charge in [0.25, 0.3) is 0 Å². The Morgan fingerprint density at radius 1 is 1.14 bits per heavy atom. The van der Waals surface area contributed by atoms with Crippen molar-refractivity contribution in [1.29, 1.82) is 0 Å². The summed E-state index contributed by atoms with van der Waals surface area (Å²) < 4.78 is 0. The van der Waals surface area contributed by atoms with Crippen LogP contribution in [0.4, 0.5) is 0 Å². The molecule has 0 aromatic rings. The number of hydrogen-bond acceptors (Lipinski definition) is 0. The summed E-state index contributed by atoms with van der Waals surface area (Å²) in [6, 6.07) is 0. The third kappa shape index (κ3) is 2.74. The molecule has 1 aliphatic rings. The van der Waals surface area contributed by atoms with Crippen molar-refractivity contribution in [3.8, 4) is 0 Å². The van der Waals surface area contributed by atoms with Gasteiger partial charge in [0.05, 0.1) is 0 Å². The second-order valence-corrected chi connectivity index (χ2v) is 2.15. The smallest absolute Gasteiger partial charge is 0 e. The van der Waals surface area contributed by atoms with Gasteiger partial charge in [-0.25, -0.2) is 0 Å². The molecule has 0 N–H and O–H groups in total. The molecule has 0 aromatic heterocycles. The molecule has 0 heterocycles. The molecule has 0 atom stereocenters. The molecular weight excluding hydrogens is 309 g/mol. The molecular formula is C6H11Np-. The van der Waals surface area contributed by atoms with Crippen LogP contribution in [0.2, 0.25) is 0 Å². The van der Waals surface area contributed by atoms with E-state index in [1.54, 1.807) is 0 Å². The first kappa shape index (κ1) is 8.01. The van der Waals surface area contributed by atoms with Crippen LogP contribution in [-0.2, 0) is 0 Å². The predicted octanol–water partition coefficient (Wildman–Crippen LogP) is 2.01. The van der Waals surface area contributed by atoms with Crippen LogP contribution in [-0.4, -0.2) is 0 Å². The van der Waals surface area contributed by atoms with Crippen LogP contribution < -0.4 is 0 Å². The van der Waals surface area contributed by atoms with Crippen molar-refractivity contribution in [3.05, 3.63) is 6.92 Å². The Morgan fingerprint density at radius 3 is 1.71 bits per heavy atom. The van der Waals surface area contributed by atoms with Gasteiger partial charge in [0.15, 0.2) is 0 Å². The van der Waals surface area contributed by atoms with Crippen LogP contribution in [0.3, 0.4) is 0 Å². The fourth-order valence-corrected chi connectivity index (χ4v) is 1.01. The third-order valence-electron chi connectivity index (χ3n) is 1.47. The van der Waals surface area contributed by atoms with Gasteiger partial charge in [-0.1, -0.05) is 25.7 Å². The maximum Gasteiger partial charge on any atom is 0 e. The molecule has 0 nitrogen and oxygen atoms in total. The number of rotatable bonds is 0. The summed E-state index contributed by atoms with van der Waals surface area (Å²) in [5.74, 6) is 0.796. The number of hydrogen-bond donors (Lipinski definition) is 0. The van der Waals surface area contributed by atoms with Gasteiger partial charge in [-0.15, -0.1) is 0 Å². The van der Waals surface area contributed by atoms with Crippen LogP contribution in [0.1, 0.15) is 25.7 Å². The summed E-state index contributed by atoms with van der Waals surface area (Å²) in [4.78, 5) is 0. The first-order chi connectivity index (χ1) is 2.89. The van der Waals surface area contributed by atoms with Crippen molar-refractivity contribution in [2.45, 2.75) is 25.7 Å². The molecule has 1 heteroatoms. The van der Waals surface area contributed by atoms with Gasteiger partial charge in [-0.2, -0.15) is 5.92 Å². The van der Waals surface area contributed by atoms with Gasteiger partial charge in [-0.3, -0.25) is 0 Å². The zero-order valence-corrected chi connectivity index (χ0v) is 8.28. The molecule has 0 aliphatic heterocycles. The van der Waals surface area contributed by atoms with Crippen molar-refractivity contribution in [3.63, 3.8) is 0 Å².